The molecule has 0 bridgehead atoms. The molecule has 2 aromatic rings. The van der Waals surface area contributed by atoms with Gasteiger partial charge >= 0.3 is 6.03 Å². The van der Waals surface area contributed by atoms with E-state index in [-0.39, 0.29) is 6.03 Å². The van der Waals surface area contributed by atoms with E-state index in [0.717, 1.165) is 24.5 Å². The molecule has 2 aliphatic rings. The number of aromatic nitrogens is 2. The molecule has 2 heterocycles. The van der Waals surface area contributed by atoms with Gasteiger partial charge in [0.25, 0.3) is 0 Å². The van der Waals surface area contributed by atoms with Gasteiger partial charge in [-0.2, -0.15) is 0 Å². The van der Waals surface area contributed by atoms with Crippen LogP contribution in [0.3, 0.4) is 0 Å². The van der Waals surface area contributed by atoms with Gasteiger partial charge in [-0.3, -0.25) is 5.32 Å². The normalized spacial score (nSPS) is 20.2. The zero-order chi connectivity index (χ0) is 16.4. The average molecular weight is 343 g/mol. The molecule has 0 unspecified atom stereocenters. The monoisotopic (exact) mass is 343 g/mol. The van der Waals surface area contributed by atoms with E-state index in [0.29, 0.717) is 23.5 Å². The number of para-hydroxylation sites is 1. The Kier molecular flexibility index (Phi) is 4.34. The predicted molar refractivity (Wildman–Crippen MR) is 95.7 cm³/mol. The minimum absolute atomic E-state index is 0.188. The lowest BCUT2D eigenvalue weighted by Gasteiger charge is -2.18. The third-order valence-corrected chi connectivity index (χ3v) is 5.55. The molecule has 4 rings (SSSR count). The topological polar surface area (TPSA) is 70.2 Å². The van der Waals surface area contributed by atoms with Crippen LogP contribution >= 0.6 is 11.3 Å². The summed E-state index contributed by atoms with van der Waals surface area (Å²) in [5.74, 6) is 1.05. The van der Waals surface area contributed by atoms with Gasteiger partial charge in [-0.15, -0.1) is 10.2 Å². The summed E-state index contributed by atoms with van der Waals surface area (Å²) in [5, 5.41) is 15.6. The summed E-state index contributed by atoms with van der Waals surface area (Å²) in [5.41, 5.74) is 1.26. The van der Waals surface area contributed by atoms with Crippen molar-refractivity contribution < 1.29 is 4.79 Å². The summed E-state index contributed by atoms with van der Waals surface area (Å²) in [7, 11) is 0. The lowest BCUT2D eigenvalue weighted by molar-refractivity contribution is 0.250. The highest BCUT2D eigenvalue weighted by Crippen LogP contribution is 2.42. The molecule has 0 spiro atoms. The number of urea groups is 1. The molecule has 1 aliphatic heterocycles. The first-order valence-corrected chi connectivity index (χ1v) is 9.28. The summed E-state index contributed by atoms with van der Waals surface area (Å²) < 4.78 is 0. The number of benzene rings is 1. The summed E-state index contributed by atoms with van der Waals surface area (Å²) in [6.07, 6.45) is 3.49. The summed E-state index contributed by atoms with van der Waals surface area (Å²) in [4.78, 5) is 14.4. The number of nitrogens with zero attached hydrogens (tertiary/aromatic N) is 3. The van der Waals surface area contributed by atoms with E-state index >= 15 is 0 Å². The Morgan fingerprint density at radius 3 is 2.83 bits per heavy atom. The molecular weight excluding hydrogens is 322 g/mol. The van der Waals surface area contributed by atoms with Crippen LogP contribution in [0.25, 0.3) is 0 Å². The molecule has 1 saturated carbocycles. The van der Waals surface area contributed by atoms with Gasteiger partial charge in [-0.1, -0.05) is 29.5 Å². The zero-order valence-electron chi connectivity index (χ0n) is 13.4. The number of amides is 2. The average Bonchev–Trinajstić information content (AvgIpc) is 3.17. The van der Waals surface area contributed by atoms with Crippen molar-refractivity contribution in [3.8, 4) is 0 Å². The van der Waals surface area contributed by atoms with Crippen LogP contribution in [0.5, 0.6) is 0 Å². The Morgan fingerprint density at radius 1 is 1.21 bits per heavy atom. The minimum atomic E-state index is -0.188. The standard InChI is InChI=1S/C17H21N5OS/c23-16(19-17-21-20-15(24-17)13-6-7-13)18-10-12-8-9-22(11-12)14-4-2-1-3-5-14/h1-5,12-13H,6-11H2,(H2,18,19,21,23)/t12-/m0/s1. The highest BCUT2D eigenvalue weighted by molar-refractivity contribution is 7.15. The quantitative estimate of drug-likeness (QED) is 0.875. The van der Waals surface area contributed by atoms with Crippen molar-refractivity contribution in [3.63, 3.8) is 0 Å². The van der Waals surface area contributed by atoms with Crippen molar-refractivity contribution >= 4 is 28.2 Å². The van der Waals surface area contributed by atoms with Gasteiger partial charge in [0.05, 0.1) is 0 Å². The van der Waals surface area contributed by atoms with Gasteiger partial charge in [0.2, 0.25) is 5.13 Å². The van der Waals surface area contributed by atoms with Gasteiger partial charge in [-0.25, -0.2) is 4.79 Å². The molecule has 2 amide bonds. The Hall–Kier alpha value is -2.15. The largest absolute Gasteiger partial charge is 0.371 e. The number of carbonyl (C=O) groups is 1. The summed E-state index contributed by atoms with van der Waals surface area (Å²) in [6.45, 7) is 2.71. The number of hydrogen-bond acceptors (Lipinski definition) is 5. The van der Waals surface area contributed by atoms with E-state index in [9.17, 15) is 4.79 Å². The number of carbonyl (C=O) groups excluding carboxylic acids is 1. The molecule has 24 heavy (non-hydrogen) atoms. The highest BCUT2D eigenvalue weighted by atomic mass is 32.1. The Morgan fingerprint density at radius 2 is 2.04 bits per heavy atom. The van der Waals surface area contributed by atoms with Crippen LogP contribution in [-0.2, 0) is 0 Å². The lowest BCUT2D eigenvalue weighted by atomic mass is 10.1. The predicted octanol–water partition coefficient (Wildman–Crippen LogP) is 3.06. The molecule has 0 radical (unpaired) electrons. The Labute approximate surface area is 145 Å². The fourth-order valence-electron chi connectivity index (χ4n) is 3.03. The van der Waals surface area contributed by atoms with Crippen molar-refractivity contribution in [2.75, 3.05) is 29.9 Å². The first-order chi connectivity index (χ1) is 11.8. The highest BCUT2D eigenvalue weighted by Gasteiger charge is 2.28. The van der Waals surface area contributed by atoms with Gasteiger partial charge in [-0.05, 0) is 37.3 Å². The third kappa shape index (κ3) is 3.67. The van der Waals surface area contributed by atoms with E-state index < -0.39 is 0 Å². The van der Waals surface area contributed by atoms with Crippen LogP contribution in [-0.4, -0.2) is 35.9 Å². The van der Waals surface area contributed by atoms with Crippen molar-refractivity contribution in [2.45, 2.75) is 25.2 Å². The van der Waals surface area contributed by atoms with Crippen LogP contribution in [0.2, 0.25) is 0 Å². The second-order valence-corrected chi connectivity index (χ2v) is 7.50. The Bertz CT molecular complexity index is 700. The van der Waals surface area contributed by atoms with Crippen LogP contribution in [0.1, 0.15) is 30.2 Å². The maximum absolute atomic E-state index is 12.0. The number of rotatable bonds is 5. The Balaban J connectivity index is 1.22. The molecule has 1 aromatic carbocycles. The van der Waals surface area contributed by atoms with Gasteiger partial charge < -0.3 is 10.2 Å². The van der Waals surface area contributed by atoms with Crippen LogP contribution < -0.4 is 15.5 Å². The third-order valence-electron chi connectivity index (χ3n) is 4.55. The smallest absolute Gasteiger partial charge is 0.321 e. The zero-order valence-corrected chi connectivity index (χ0v) is 14.3. The van der Waals surface area contributed by atoms with E-state index in [1.165, 1.54) is 29.9 Å². The fourth-order valence-corrected chi connectivity index (χ4v) is 3.94. The second kappa shape index (κ2) is 6.76. The van der Waals surface area contributed by atoms with E-state index in [1.54, 1.807) is 0 Å². The van der Waals surface area contributed by atoms with E-state index in [1.807, 2.05) is 6.07 Å². The van der Waals surface area contributed by atoms with Crippen LogP contribution in [0, 0.1) is 5.92 Å². The molecule has 6 nitrogen and oxygen atoms in total. The van der Waals surface area contributed by atoms with Crippen molar-refractivity contribution in [2.24, 2.45) is 5.92 Å². The molecular formula is C17H21N5OS. The first kappa shape index (κ1) is 15.4. The lowest BCUT2D eigenvalue weighted by Crippen LogP contribution is -2.34. The van der Waals surface area contributed by atoms with E-state index in [4.69, 9.17) is 0 Å². The van der Waals surface area contributed by atoms with Crippen molar-refractivity contribution in [1.29, 1.82) is 0 Å². The minimum Gasteiger partial charge on any atom is -0.371 e. The number of nitrogens with one attached hydrogen (secondary N) is 2. The molecule has 7 heteroatoms. The maximum atomic E-state index is 12.0. The molecule has 1 aliphatic carbocycles. The van der Waals surface area contributed by atoms with Crippen LogP contribution in [0.4, 0.5) is 15.6 Å². The molecule has 1 atom stereocenters. The second-order valence-electron chi connectivity index (χ2n) is 6.49. The van der Waals surface area contributed by atoms with Crippen molar-refractivity contribution in [3.05, 3.63) is 35.3 Å². The molecule has 2 fully saturated rings. The van der Waals surface area contributed by atoms with E-state index in [2.05, 4.69) is 50.0 Å². The molecule has 126 valence electrons. The SMILES string of the molecule is O=C(NC[C@@H]1CCN(c2ccccc2)C1)Nc1nnc(C2CC2)s1. The molecule has 1 aromatic heterocycles. The number of anilines is 2. The molecule has 1 saturated heterocycles. The number of hydrogen-bond donors (Lipinski definition) is 2. The van der Waals surface area contributed by atoms with Gasteiger partial charge in [0.15, 0.2) is 0 Å². The fraction of sp³-hybridized carbons (Fsp3) is 0.471. The first-order valence-electron chi connectivity index (χ1n) is 8.46. The van der Waals surface area contributed by atoms with Crippen LogP contribution in [0.15, 0.2) is 30.3 Å². The van der Waals surface area contributed by atoms with Gasteiger partial charge in [0.1, 0.15) is 5.01 Å². The maximum Gasteiger partial charge on any atom is 0.321 e. The summed E-state index contributed by atoms with van der Waals surface area (Å²) >= 11 is 1.49. The van der Waals surface area contributed by atoms with Crippen molar-refractivity contribution in [1.82, 2.24) is 15.5 Å². The molecule has 2 N–H and O–H groups in total. The van der Waals surface area contributed by atoms with Gasteiger partial charge in [0, 0.05) is 31.2 Å². The summed E-state index contributed by atoms with van der Waals surface area (Å²) in [6, 6.07) is 10.2.